The molecular weight excluding hydrogens is 309 g/mol. The Kier molecular flexibility index (Phi) is 7.15. The van der Waals surface area contributed by atoms with Crippen molar-refractivity contribution in [2.45, 2.75) is 19.4 Å². The van der Waals surface area contributed by atoms with Crippen LogP contribution in [0.25, 0.3) is 0 Å². The number of benzene rings is 1. The second-order valence-corrected chi connectivity index (χ2v) is 6.58. The van der Waals surface area contributed by atoms with Gasteiger partial charge in [0.05, 0.1) is 12.0 Å². The zero-order valence-electron chi connectivity index (χ0n) is 14.6. The monoisotopic (exact) mass is 337 g/mol. The van der Waals surface area contributed by atoms with E-state index < -0.39 is 5.41 Å². The number of halogens is 1. The van der Waals surface area contributed by atoms with Gasteiger partial charge in [-0.25, -0.2) is 4.39 Å². The lowest BCUT2D eigenvalue weighted by Gasteiger charge is -2.35. The van der Waals surface area contributed by atoms with Gasteiger partial charge >= 0.3 is 0 Å². The molecule has 0 saturated carbocycles. The molecule has 1 aliphatic heterocycles. The van der Waals surface area contributed by atoms with Crippen LogP contribution in [0.3, 0.4) is 0 Å². The molecule has 134 valence electrons. The number of nitrogens with one attached hydrogen (secondary N) is 2. The molecule has 0 spiro atoms. The Morgan fingerprint density at radius 3 is 2.62 bits per heavy atom. The van der Waals surface area contributed by atoms with Gasteiger partial charge in [0.2, 0.25) is 5.91 Å². The minimum absolute atomic E-state index is 0.0843. The van der Waals surface area contributed by atoms with Crippen molar-refractivity contribution in [2.75, 3.05) is 46.9 Å². The van der Waals surface area contributed by atoms with Crippen LogP contribution in [0.15, 0.2) is 24.3 Å². The van der Waals surface area contributed by atoms with Crippen molar-refractivity contribution < 1.29 is 13.9 Å². The SMILES string of the molecule is COCC1(C(=O)NCCN(C)Cc2ccc(F)cc2)CCNCC1. The fourth-order valence-electron chi connectivity index (χ4n) is 3.15. The zero-order valence-corrected chi connectivity index (χ0v) is 14.6. The van der Waals surface area contributed by atoms with Crippen molar-refractivity contribution in [3.63, 3.8) is 0 Å². The molecule has 1 aromatic carbocycles. The number of carbonyl (C=O) groups is 1. The minimum atomic E-state index is -0.407. The van der Waals surface area contributed by atoms with Gasteiger partial charge < -0.3 is 20.3 Å². The van der Waals surface area contributed by atoms with E-state index in [1.807, 2.05) is 7.05 Å². The van der Waals surface area contributed by atoms with Crippen LogP contribution >= 0.6 is 0 Å². The number of methoxy groups -OCH3 is 1. The van der Waals surface area contributed by atoms with Gasteiger partial charge in [0.25, 0.3) is 0 Å². The number of carbonyl (C=O) groups excluding carboxylic acids is 1. The van der Waals surface area contributed by atoms with Crippen molar-refractivity contribution in [1.82, 2.24) is 15.5 Å². The third kappa shape index (κ3) is 5.26. The van der Waals surface area contributed by atoms with Crippen molar-refractivity contribution in [2.24, 2.45) is 5.41 Å². The number of nitrogens with zero attached hydrogens (tertiary/aromatic N) is 1. The molecule has 1 fully saturated rings. The number of hydrogen-bond donors (Lipinski definition) is 2. The van der Waals surface area contributed by atoms with E-state index in [1.165, 1.54) is 12.1 Å². The lowest BCUT2D eigenvalue weighted by molar-refractivity contribution is -0.136. The van der Waals surface area contributed by atoms with Crippen LogP contribution in [-0.2, 0) is 16.1 Å². The number of hydrogen-bond acceptors (Lipinski definition) is 4. The molecule has 2 rings (SSSR count). The molecule has 2 N–H and O–H groups in total. The van der Waals surface area contributed by atoms with E-state index in [0.29, 0.717) is 13.2 Å². The van der Waals surface area contributed by atoms with Gasteiger partial charge in [0, 0.05) is 26.7 Å². The highest BCUT2D eigenvalue weighted by Crippen LogP contribution is 2.29. The Morgan fingerprint density at radius 2 is 2.00 bits per heavy atom. The van der Waals surface area contributed by atoms with Crippen molar-refractivity contribution in [3.05, 3.63) is 35.6 Å². The van der Waals surface area contributed by atoms with Crippen molar-refractivity contribution in [1.29, 1.82) is 0 Å². The largest absolute Gasteiger partial charge is 0.384 e. The standard InChI is InChI=1S/C18H28FN3O2/c1-22(13-15-3-5-16(19)6-4-15)12-11-21-17(23)18(14-24-2)7-9-20-10-8-18/h3-6,20H,7-14H2,1-2H3,(H,21,23). The highest BCUT2D eigenvalue weighted by molar-refractivity contribution is 5.83. The molecule has 1 amide bonds. The van der Waals surface area contributed by atoms with Crippen LogP contribution in [0, 0.1) is 11.2 Å². The van der Waals surface area contributed by atoms with Gasteiger partial charge in [-0.05, 0) is 50.7 Å². The lowest BCUT2D eigenvalue weighted by atomic mass is 9.78. The quantitative estimate of drug-likeness (QED) is 0.753. The summed E-state index contributed by atoms with van der Waals surface area (Å²) in [6.07, 6.45) is 1.61. The highest BCUT2D eigenvalue weighted by atomic mass is 19.1. The van der Waals surface area contributed by atoms with E-state index >= 15 is 0 Å². The van der Waals surface area contributed by atoms with Crippen LogP contribution in [0.2, 0.25) is 0 Å². The fourth-order valence-corrected chi connectivity index (χ4v) is 3.15. The molecule has 0 unspecified atom stereocenters. The second-order valence-electron chi connectivity index (χ2n) is 6.58. The molecule has 0 atom stereocenters. The Hall–Kier alpha value is -1.50. The summed E-state index contributed by atoms with van der Waals surface area (Å²) in [4.78, 5) is 14.7. The number of piperidine rings is 1. The van der Waals surface area contributed by atoms with E-state index in [9.17, 15) is 9.18 Å². The van der Waals surface area contributed by atoms with Gasteiger partial charge in [-0.1, -0.05) is 12.1 Å². The summed E-state index contributed by atoms with van der Waals surface area (Å²) >= 11 is 0. The van der Waals surface area contributed by atoms with Gasteiger partial charge in [-0.15, -0.1) is 0 Å². The van der Waals surface area contributed by atoms with Gasteiger partial charge in [0.15, 0.2) is 0 Å². The van der Waals surface area contributed by atoms with E-state index in [2.05, 4.69) is 15.5 Å². The predicted octanol–water partition coefficient (Wildman–Crippen LogP) is 1.39. The van der Waals surface area contributed by atoms with Crippen molar-refractivity contribution >= 4 is 5.91 Å². The van der Waals surface area contributed by atoms with Crippen LogP contribution in [0.4, 0.5) is 4.39 Å². The van der Waals surface area contributed by atoms with E-state index in [0.717, 1.165) is 44.6 Å². The first-order valence-electron chi connectivity index (χ1n) is 8.47. The molecule has 6 heteroatoms. The lowest BCUT2D eigenvalue weighted by Crippen LogP contribution is -2.51. The normalized spacial score (nSPS) is 17.0. The summed E-state index contributed by atoms with van der Waals surface area (Å²) in [6.45, 7) is 4.22. The fraction of sp³-hybridized carbons (Fsp3) is 0.611. The van der Waals surface area contributed by atoms with Crippen LogP contribution in [-0.4, -0.2) is 57.8 Å². The van der Waals surface area contributed by atoms with E-state index in [-0.39, 0.29) is 11.7 Å². The number of amides is 1. The maximum Gasteiger partial charge on any atom is 0.228 e. The van der Waals surface area contributed by atoms with Gasteiger partial charge in [-0.2, -0.15) is 0 Å². The topological polar surface area (TPSA) is 53.6 Å². The zero-order chi connectivity index (χ0) is 17.4. The first-order valence-corrected chi connectivity index (χ1v) is 8.47. The molecule has 24 heavy (non-hydrogen) atoms. The summed E-state index contributed by atoms with van der Waals surface area (Å²) in [7, 11) is 3.64. The molecule has 1 saturated heterocycles. The molecule has 0 bridgehead atoms. The summed E-state index contributed by atoms with van der Waals surface area (Å²) < 4.78 is 18.2. The van der Waals surface area contributed by atoms with Crippen LogP contribution in [0.1, 0.15) is 18.4 Å². The summed E-state index contributed by atoms with van der Waals surface area (Å²) in [5.41, 5.74) is 0.648. The Balaban J connectivity index is 1.77. The van der Waals surface area contributed by atoms with Crippen LogP contribution < -0.4 is 10.6 Å². The molecule has 0 aromatic heterocycles. The molecule has 1 aromatic rings. The Morgan fingerprint density at radius 1 is 1.33 bits per heavy atom. The first-order chi connectivity index (χ1) is 11.6. The summed E-state index contributed by atoms with van der Waals surface area (Å²) in [6, 6.07) is 6.51. The number of likely N-dealkylation sites (N-methyl/N-ethyl adjacent to an activating group) is 1. The molecular formula is C18H28FN3O2. The number of ether oxygens (including phenoxy) is 1. The van der Waals surface area contributed by atoms with Crippen molar-refractivity contribution in [3.8, 4) is 0 Å². The van der Waals surface area contributed by atoms with Gasteiger partial charge in [-0.3, -0.25) is 4.79 Å². The van der Waals surface area contributed by atoms with Crippen LogP contribution in [0.5, 0.6) is 0 Å². The second kappa shape index (κ2) is 9.11. The highest BCUT2D eigenvalue weighted by Gasteiger charge is 2.39. The number of rotatable bonds is 8. The Labute approximate surface area is 143 Å². The Bertz CT molecular complexity index is 510. The van der Waals surface area contributed by atoms with Gasteiger partial charge in [0.1, 0.15) is 5.82 Å². The van der Waals surface area contributed by atoms with E-state index in [4.69, 9.17) is 4.74 Å². The minimum Gasteiger partial charge on any atom is -0.384 e. The average molecular weight is 337 g/mol. The molecule has 1 aliphatic rings. The summed E-state index contributed by atoms with van der Waals surface area (Å²) in [5, 5.41) is 6.34. The molecule has 1 heterocycles. The summed E-state index contributed by atoms with van der Waals surface area (Å²) in [5.74, 6) is -0.139. The smallest absolute Gasteiger partial charge is 0.228 e. The third-order valence-corrected chi connectivity index (χ3v) is 4.61. The molecule has 5 nitrogen and oxygen atoms in total. The predicted molar refractivity (Wildman–Crippen MR) is 92.2 cm³/mol. The molecule has 0 aliphatic carbocycles. The van der Waals surface area contributed by atoms with E-state index in [1.54, 1.807) is 19.2 Å². The third-order valence-electron chi connectivity index (χ3n) is 4.61. The molecule has 0 radical (unpaired) electrons. The maximum atomic E-state index is 12.9. The first kappa shape index (κ1) is 18.8. The average Bonchev–Trinajstić information content (AvgIpc) is 2.58. The maximum absolute atomic E-state index is 12.9.